The smallest absolute Gasteiger partial charge is 0.257 e. The second kappa shape index (κ2) is 10.5. The molecule has 2 aromatic rings. The number of hydrogen-bond acceptors (Lipinski definition) is 6. The summed E-state index contributed by atoms with van der Waals surface area (Å²) in [5.41, 5.74) is 2.55. The maximum atomic E-state index is 13.5. The molecule has 8 heteroatoms. The number of rotatable bonds is 7. The minimum Gasteiger partial charge on any atom is -0.497 e. The Morgan fingerprint density at radius 3 is 2.45 bits per heavy atom. The van der Waals surface area contributed by atoms with E-state index in [1.54, 1.807) is 19.2 Å². The van der Waals surface area contributed by atoms with Crippen molar-refractivity contribution in [3.63, 3.8) is 0 Å². The van der Waals surface area contributed by atoms with Gasteiger partial charge in [-0.15, -0.1) is 0 Å². The zero-order valence-corrected chi connectivity index (χ0v) is 20.2. The molecule has 2 aliphatic heterocycles. The van der Waals surface area contributed by atoms with E-state index in [9.17, 15) is 4.79 Å². The summed E-state index contributed by atoms with van der Waals surface area (Å²) in [6.07, 6.45) is 0.557. The highest BCUT2D eigenvalue weighted by atomic mass is 35.5. The normalized spacial score (nSPS) is 19.5. The van der Waals surface area contributed by atoms with Gasteiger partial charge in [0.05, 0.1) is 32.5 Å². The van der Waals surface area contributed by atoms with Crippen molar-refractivity contribution in [1.82, 2.24) is 14.8 Å². The molecule has 1 saturated heterocycles. The lowest BCUT2D eigenvalue weighted by Crippen LogP contribution is -2.49. The molecule has 0 N–H and O–H groups in total. The first-order chi connectivity index (χ1) is 16.0. The molecule has 0 spiro atoms. The average Bonchev–Trinajstić information content (AvgIpc) is 3.29. The third kappa shape index (κ3) is 5.16. The number of ether oxygens (including phenoxy) is 2. The van der Waals surface area contributed by atoms with E-state index in [0.29, 0.717) is 29.5 Å². The SMILES string of the molecule is CCN1CCN(CC(=O)N2N=C(c3ccccc3Cl)CC2c2ccc(OC)cc2OC)CC1. The number of nitrogens with zero attached hydrogens (tertiary/aromatic N) is 4. The zero-order valence-electron chi connectivity index (χ0n) is 19.5. The maximum absolute atomic E-state index is 13.5. The van der Waals surface area contributed by atoms with Crippen LogP contribution in [-0.4, -0.2) is 79.9 Å². The van der Waals surface area contributed by atoms with Crippen LogP contribution in [0.5, 0.6) is 11.5 Å². The van der Waals surface area contributed by atoms with E-state index < -0.39 is 0 Å². The molecule has 0 aromatic heterocycles. The first-order valence-electron chi connectivity index (χ1n) is 11.3. The summed E-state index contributed by atoms with van der Waals surface area (Å²) in [5, 5.41) is 7.03. The molecule has 1 atom stereocenters. The van der Waals surface area contributed by atoms with Crippen LogP contribution in [0.3, 0.4) is 0 Å². The fourth-order valence-corrected chi connectivity index (χ4v) is 4.71. The van der Waals surface area contributed by atoms with Crippen molar-refractivity contribution < 1.29 is 14.3 Å². The number of carbonyl (C=O) groups excluding carboxylic acids is 1. The van der Waals surface area contributed by atoms with Gasteiger partial charge in [-0.1, -0.05) is 36.7 Å². The zero-order chi connectivity index (χ0) is 23.4. The molecule has 2 aliphatic rings. The lowest BCUT2D eigenvalue weighted by atomic mass is 9.97. The highest BCUT2D eigenvalue weighted by molar-refractivity contribution is 6.34. The first kappa shape index (κ1) is 23.5. The number of likely N-dealkylation sites (N-methyl/N-ethyl adjacent to an activating group) is 1. The Morgan fingerprint density at radius 1 is 1.06 bits per heavy atom. The molecular weight excluding hydrogens is 440 g/mol. The minimum atomic E-state index is -0.276. The third-order valence-corrected chi connectivity index (χ3v) is 6.75. The summed E-state index contributed by atoms with van der Waals surface area (Å²) < 4.78 is 11.0. The fourth-order valence-electron chi connectivity index (χ4n) is 4.46. The molecule has 1 unspecified atom stereocenters. The van der Waals surface area contributed by atoms with Crippen molar-refractivity contribution in [3.05, 3.63) is 58.6 Å². The second-order valence-corrected chi connectivity index (χ2v) is 8.71. The van der Waals surface area contributed by atoms with Crippen molar-refractivity contribution in [2.24, 2.45) is 5.10 Å². The number of halogens is 1. The van der Waals surface area contributed by atoms with Crippen molar-refractivity contribution in [3.8, 4) is 11.5 Å². The lowest BCUT2D eigenvalue weighted by Gasteiger charge is -2.34. The number of carbonyl (C=O) groups is 1. The first-order valence-corrected chi connectivity index (χ1v) is 11.7. The maximum Gasteiger partial charge on any atom is 0.257 e. The van der Waals surface area contributed by atoms with E-state index in [-0.39, 0.29) is 11.9 Å². The summed E-state index contributed by atoms with van der Waals surface area (Å²) >= 11 is 6.47. The van der Waals surface area contributed by atoms with Crippen LogP contribution in [0.1, 0.15) is 30.5 Å². The van der Waals surface area contributed by atoms with Crippen LogP contribution in [0.4, 0.5) is 0 Å². The Bertz CT molecular complexity index is 1020. The number of hydrogen-bond donors (Lipinski definition) is 0. The minimum absolute atomic E-state index is 0.0233. The van der Waals surface area contributed by atoms with Gasteiger partial charge in [0, 0.05) is 54.8 Å². The molecule has 1 amide bonds. The number of methoxy groups -OCH3 is 2. The van der Waals surface area contributed by atoms with Crippen molar-refractivity contribution in [1.29, 1.82) is 0 Å². The lowest BCUT2D eigenvalue weighted by molar-refractivity contribution is -0.134. The van der Waals surface area contributed by atoms with Crippen molar-refractivity contribution >= 4 is 23.2 Å². The Balaban J connectivity index is 1.62. The number of amides is 1. The Labute approximate surface area is 200 Å². The molecule has 0 aliphatic carbocycles. The largest absolute Gasteiger partial charge is 0.497 e. The van der Waals surface area contributed by atoms with Gasteiger partial charge in [0.25, 0.3) is 5.91 Å². The monoisotopic (exact) mass is 470 g/mol. The summed E-state index contributed by atoms with van der Waals surface area (Å²) in [6.45, 7) is 7.27. The Hall–Kier alpha value is -2.61. The van der Waals surface area contributed by atoms with Gasteiger partial charge in [0.1, 0.15) is 11.5 Å². The van der Waals surface area contributed by atoms with Gasteiger partial charge in [0.2, 0.25) is 0 Å². The van der Waals surface area contributed by atoms with E-state index in [0.717, 1.165) is 49.6 Å². The Kier molecular flexibility index (Phi) is 7.53. The predicted molar refractivity (Wildman–Crippen MR) is 130 cm³/mol. The number of hydrazone groups is 1. The fraction of sp³-hybridized carbons (Fsp3) is 0.440. The van der Waals surface area contributed by atoms with Gasteiger partial charge in [-0.3, -0.25) is 9.69 Å². The van der Waals surface area contributed by atoms with Crippen molar-refractivity contribution in [2.75, 3.05) is 53.5 Å². The Morgan fingerprint density at radius 2 is 1.79 bits per heavy atom. The van der Waals surface area contributed by atoms with Crippen LogP contribution in [0.15, 0.2) is 47.6 Å². The molecule has 176 valence electrons. The van der Waals surface area contributed by atoms with Crippen LogP contribution < -0.4 is 9.47 Å². The third-order valence-electron chi connectivity index (χ3n) is 6.42. The molecule has 4 rings (SSSR count). The summed E-state index contributed by atoms with van der Waals surface area (Å²) in [4.78, 5) is 18.1. The number of piperazine rings is 1. The van der Waals surface area contributed by atoms with Crippen molar-refractivity contribution in [2.45, 2.75) is 19.4 Å². The van der Waals surface area contributed by atoms with Crippen LogP contribution in [0, 0.1) is 0 Å². The van der Waals surface area contributed by atoms with E-state index in [1.807, 2.05) is 42.5 Å². The van der Waals surface area contributed by atoms with Gasteiger partial charge in [0.15, 0.2) is 0 Å². The predicted octanol–water partition coefficient (Wildman–Crippen LogP) is 3.67. The molecule has 1 fully saturated rings. The van der Waals surface area contributed by atoms with Gasteiger partial charge in [-0.05, 0) is 24.7 Å². The summed E-state index contributed by atoms with van der Waals surface area (Å²) in [5.74, 6) is 1.35. The van der Waals surface area contributed by atoms with E-state index in [2.05, 4.69) is 16.7 Å². The van der Waals surface area contributed by atoms with Gasteiger partial charge in [-0.25, -0.2) is 5.01 Å². The van der Waals surface area contributed by atoms with E-state index in [4.69, 9.17) is 26.2 Å². The molecule has 2 heterocycles. The molecule has 0 radical (unpaired) electrons. The van der Waals surface area contributed by atoms with Crippen LogP contribution in [0.25, 0.3) is 0 Å². The van der Waals surface area contributed by atoms with Crippen LogP contribution in [-0.2, 0) is 4.79 Å². The molecule has 0 saturated carbocycles. The standard InChI is InChI=1S/C25H31ClN4O3/c1-4-28-11-13-29(14-12-28)17-25(31)30-23(20-10-9-18(32-2)15-24(20)33-3)16-22(27-30)19-7-5-6-8-21(19)26/h5-10,15,23H,4,11-14,16-17H2,1-3H3. The van der Waals surface area contributed by atoms with Crippen LogP contribution in [0.2, 0.25) is 5.02 Å². The summed E-state index contributed by atoms with van der Waals surface area (Å²) in [7, 11) is 3.25. The molecular formula is C25H31ClN4O3. The second-order valence-electron chi connectivity index (χ2n) is 8.30. The molecule has 7 nitrogen and oxygen atoms in total. The summed E-state index contributed by atoms with van der Waals surface area (Å²) in [6, 6.07) is 13.0. The highest BCUT2D eigenvalue weighted by Gasteiger charge is 2.36. The topological polar surface area (TPSA) is 57.6 Å². The number of benzene rings is 2. The quantitative estimate of drug-likeness (QED) is 0.618. The van der Waals surface area contributed by atoms with Gasteiger partial charge in [-0.2, -0.15) is 5.10 Å². The van der Waals surface area contributed by atoms with Crippen LogP contribution >= 0.6 is 11.6 Å². The van der Waals surface area contributed by atoms with Gasteiger partial charge >= 0.3 is 0 Å². The molecule has 33 heavy (non-hydrogen) atoms. The van der Waals surface area contributed by atoms with E-state index >= 15 is 0 Å². The van der Waals surface area contributed by atoms with E-state index in [1.165, 1.54) is 0 Å². The molecule has 0 bridgehead atoms. The van der Waals surface area contributed by atoms with Gasteiger partial charge < -0.3 is 14.4 Å². The molecule has 2 aromatic carbocycles. The average molecular weight is 471 g/mol. The highest BCUT2D eigenvalue weighted by Crippen LogP contribution is 2.39.